The molecule has 1 aliphatic rings. The number of benzene rings is 1. The summed E-state index contributed by atoms with van der Waals surface area (Å²) in [5, 5.41) is 3.06. The molecule has 1 heterocycles. The van der Waals surface area contributed by atoms with Crippen LogP contribution in [0.1, 0.15) is 0 Å². The second kappa shape index (κ2) is 3.66. The van der Waals surface area contributed by atoms with E-state index in [9.17, 15) is 0 Å². The molecule has 0 radical (unpaired) electrons. The zero-order chi connectivity index (χ0) is 9.10. The molecule has 0 unspecified atom stereocenters. The highest BCUT2D eigenvalue weighted by Crippen LogP contribution is 2.30. The van der Waals surface area contributed by atoms with Gasteiger partial charge in [-0.2, -0.15) is 0 Å². The average Bonchev–Trinajstić information content (AvgIpc) is 2.18. The highest BCUT2D eigenvalue weighted by molar-refractivity contribution is 5.40. The molecular formula is C10H13NO2. The molecule has 1 aromatic rings. The molecule has 1 aliphatic heterocycles. The normalized spacial score (nSPS) is 19.9. The molecule has 0 bridgehead atoms. The third-order valence-electron chi connectivity index (χ3n) is 2.00. The molecule has 0 saturated carbocycles. The zero-order valence-corrected chi connectivity index (χ0v) is 7.62. The molecule has 13 heavy (non-hydrogen) atoms. The molecule has 0 amide bonds. The average molecular weight is 179 g/mol. The van der Waals surface area contributed by atoms with Crippen LogP contribution in [0.4, 0.5) is 0 Å². The highest BCUT2D eigenvalue weighted by atomic mass is 16.6. The van der Waals surface area contributed by atoms with Gasteiger partial charge < -0.3 is 14.8 Å². The predicted molar refractivity (Wildman–Crippen MR) is 50.3 cm³/mol. The third kappa shape index (κ3) is 1.75. The van der Waals surface area contributed by atoms with Gasteiger partial charge in [0.2, 0.25) is 0 Å². The Labute approximate surface area is 77.7 Å². The quantitative estimate of drug-likeness (QED) is 0.736. The maximum absolute atomic E-state index is 5.68. The molecule has 0 fully saturated rings. The number of ether oxygens (including phenoxy) is 2. The fourth-order valence-corrected chi connectivity index (χ4v) is 1.39. The van der Waals surface area contributed by atoms with Gasteiger partial charge in [0, 0.05) is 6.54 Å². The van der Waals surface area contributed by atoms with E-state index in [4.69, 9.17) is 9.47 Å². The molecule has 1 aromatic carbocycles. The van der Waals surface area contributed by atoms with Crippen LogP contribution < -0.4 is 14.8 Å². The largest absolute Gasteiger partial charge is 0.486 e. The standard InChI is InChI=1S/C10H13NO2/c1-11-6-8-7-12-9-4-2-3-5-10(9)13-8/h2-5,8,11H,6-7H2,1H3/t8-/m1/s1. The van der Waals surface area contributed by atoms with Crippen LogP contribution >= 0.6 is 0 Å². The van der Waals surface area contributed by atoms with Crippen molar-refractivity contribution in [1.29, 1.82) is 0 Å². The van der Waals surface area contributed by atoms with Gasteiger partial charge in [-0.3, -0.25) is 0 Å². The van der Waals surface area contributed by atoms with Crippen molar-refractivity contribution in [2.24, 2.45) is 0 Å². The van der Waals surface area contributed by atoms with Crippen LogP contribution in [0, 0.1) is 0 Å². The van der Waals surface area contributed by atoms with E-state index < -0.39 is 0 Å². The lowest BCUT2D eigenvalue weighted by atomic mass is 10.2. The van der Waals surface area contributed by atoms with E-state index in [-0.39, 0.29) is 6.10 Å². The van der Waals surface area contributed by atoms with Gasteiger partial charge in [0.15, 0.2) is 11.5 Å². The van der Waals surface area contributed by atoms with Crippen LogP contribution in [0.15, 0.2) is 24.3 Å². The van der Waals surface area contributed by atoms with Crippen molar-refractivity contribution in [2.75, 3.05) is 20.2 Å². The van der Waals surface area contributed by atoms with Crippen molar-refractivity contribution in [2.45, 2.75) is 6.10 Å². The van der Waals surface area contributed by atoms with Crippen molar-refractivity contribution in [3.05, 3.63) is 24.3 Å². The molecule has 0 aromatic heterocycles. The Morgan fingerprint density at radius 1 is 1.38 bits per heavy atom. The van der Waals surface area contributed by atoms with Gasteiger partial charge in [-0.15, -0.1) is 0 Å². The smallest absolute Gasteiger partial charge is 0.161 e. The first-order chi connectivity index (χ1) is 6.40. The van der Waals surface area contributed by atoms with Crippen LogP contribution in [0.2, 0.25) is 0 Å². The van der Waals surface area contributed by atoms with Gasteiger partial charge in [-0.1, -0.05) is 12.1 Å². The van der Waals surface area contributed by atoms with Crippen LogP contribution in [-0.2, 0) is 0 Å². The minimum atomic E-state index is 0.125. The SMILES string of the molecule is CNC[C@@H]1COc2ccccc2O1. The molecule has 0 spiro atoms. The van der Waals surface area contributed by atoms with E-state index in [2.05, 4.69) is 5.32 Å². The summed E-state index contributed by atoms with van der Waals surface area (Å²) in [6.45, 7) is 1.44. The molecule has 3 nitrogen and oxygen atoms in total. The van der Waals surface area contributed by atoms with Crippen molar-refractivity contribution in [3.8, 4) is 11.5 Å². The number of rotatable bonds is 2. The summed E-state index contributed by atoms with van der Waals surface area (Å²) in [7, 11) is 1.91. The number of fused-ring (bicyclic) bond motifs is 1. The minimum Gasteiger partial charge on any atom is -0.486 e. The minimum absolute atomic E-state index is 0.125. The lowest BCUT2D eigenvalue weighted by Gasteiger charge is -2.26. The predicted octanol–water partition coefficient (Wildman–Crippen LogP) is 1.05. The second-order valence-electron chi connectivity index (χ2n) is 3.06. The summed E-state index contributed by atoms with van der Waals surface area (Å²) in [5.41, 5.74) is 0. The van der Waals surface area contributed by atoms with Crippen molar-refractivity contribution in [1.82, 2.24) is 5.32 Å². The summed E-state index contributed by atoms with van der Waals surface area (Å²) in [5.74, 6) is 1.68. The third-order valence-corrected chi connectivity index (χ3v) is 2.00. The summed E-state index contributed by atoms with van der Waals surface area (Å²) in [6.07, 6.45) is 0.125. The number of likely N-dealkylation sites (N-methyl/N-ethyl adjacent to an activating group) is 1. The summed E-state index contributed by atoms with van der Waals surface area (Å²) in [4.78, 5) is 0. The Morgan fingerprint density at radius 2 is 2.15 bits per heavy atom. The molecule has 1 atom stereocenters. The topological polar surface area (TPSA) is 30.5 Å². The fraction of sp³-hybridized carbons (Fsp3) is 0.400. The fourth-order valence-electron chi connectivity index (χ4n) is 1.39. The summed E-state index contributed by atoms with van der Waals surface area (Å²) < 4.78 is 11.2. The van der Waals surface area contributed by atoms with Crippen LogP contribution in [-0.4, -0.2) is 26.3 Å². The Balaban J connectivity index is 2.11. The summed E-state index contributed by atoms with van der Waals surface area (Å²) in [6, 6.07) is 7.74. The second-order valence-corrected chi connectivity index (χ2v) is 3.06. The first kappa shape index (κ1) is 8.38. The first-order valence-electron chi connectivity index (χ1n) is 4.43. The molecule has 2 rings (SSSR count). The van der Waals surface area contributed by atoms with Crippen LogP contribution in [0.3, 0.4) is 0 Å². The van der Waals surface area contributed by atoms with Crippen LogP contribution in [0.5, 0.6) is 11.5 Å². The Bertz CT molecular complexity index is 288. The van der Waals surface area contributed by atoms with Crippen LogP contribution in [0.25, 0.3) is 0 Å². The Morgan fingerprint density at radius 3 is 2.92 bits per heavy atom. The number of hydrogen-bond donors (Lipinski definition) is 1. The molecule has 70 valence electrons. The lowest BCUT2D eigenvalue weighted by molar-refractivity contribution is 0.0919. The lowest BCUT2D eigenvalue weighted by Crippen LogP contribution is -2.37. The van der Waals surface area contributed by atoms with Gasteiger partial charge in [0.1, 0.15) is 12.7 Å². The highest BCUT2D eigenvalue weighted by Gasteiger charge is 2.19. The zero-order valence-electron chi connectivity index (χ0n) is 7.62. The van der Waals surface area contributed by atoms with Crippen molar-refractivity contribution >= 4 is 0 Å². The molecule has 1 N–H and O–H groups in total. The Hall–Kier alpha value is -1.22. The van der Waals surface area contributed by atoms with Gasteiger partial charge in [0.25, 0.3) is 0 Å². The van der Waals surface area contributed by atoms with Crippen molar-refractivity contribution in [3.63, 3.8) is 0 Å². The molecule has 0 aliphatic carbocycles. The number of nitrogens with one attached hydrogen (secondary N) is 1. The van der Waals surface area contributed by atoms with Crippen molar-refractivity contribution < 1.29 is 9.47 Å². The summed E-state index contributed by atoms with van der Waals surface area (Å²) >= 11 is 0. The number of hydrogen-bond acceptors (Lipinski definition) is 3. The maximum atomic E-state index is 5.68. The molecule has 3 heteroatoms. The monoisotopic (exact) mass is 179 g/mol. The van der Waals surface area contributed by atoms with Gasteiger partial charge in [-0.25, -0.2) is 0 Å². The van der Waals surface area contributed by atoms with Gasteiger partial charge in [-0.05, 0) is 19.2 Å². The molecular weight excluding hydrogens is 166 g/mol. The van der Waals surface area contributed by atoms with E-state index in [1.165, 1.54) is 0 Å². The maximum Gasteiger partial charge on any atom is 0.161 e. The molecule has 0 saturated heterocycles. The van der Waals surface area contributed by atoms with Gasteiger partial charge >= 0.3 is 0 Å². The van der Waals surface area contributed by atoms with E-state index >= 15 is 0 Å². The van der Waals surface area contributed by atoms with E-state index in [0.717, 1.165) is 18.0 Å². The number of para-hydroxylation sites is 2. The first-order valence-corrected chi connectivity index (χ1v) is 4.43. The Kier molecular flexibility index (Phi) is 2.36. The van der Waals surface area contributed by atoms with Gasteiger partial charge in [0.05, 0.1) is 0 Å². The van der Waals surface area contributed by atoms with E-state index in [1.807, 2.05) is 31.3 Å². The van der Waals surface area contributed by atoms with E-state index in [1.54, 1.807) is 0 Å². The van der Waals surface area contributed by atoms with E-state index in [0.29, 0.717) is 6.61 Å².